The van der Waals surface area contributed by atoms with Crippen LogP contribution in [0.5, 0.6) is 0 Å². The molecule has 3 heteroatoms. The van der Waals surface area contributed by atoms with Crippen LogP contribution in [-0.2, 0) is 4.79 Å². The summed E-state index contributed by atoms with van der Waals surface area (Å²) in [6.45, 7) is 2.13. The number of hydrogen-bond acceptors (Lipinski definition) is 2. The van der Waals surface area contributed by atoms with Crippen molar-refractivity contribution in [1.82, 2.24) is 0 Å². The molecule has 0 radical (unpaired) electrons. The second-order valence-electron chi connectivity index (χ2n) is 4.00. The van der Waals surface area contributed by atoms with Crippen molar-refractivity contribution in [3.63, 3.8) is 0 Å². The Morgan fingerprint density at radius 2 is 2.27 bits per heavy atom. The number of anilines is 2. The van der Waals surface area contributed by atoms with Gasteiger partial charge >= 0.3 is 0 Å². The van der Waals surface area contributed by atoms with Crippen LogP contribution in [0.3, 0.4) is 0 Å². The van der Waals surface area contributed by atoms with Gasteiger partial charge in [0, 0.05) is 0 Å². The van der Waals surface area contributed by atoms with Crippen molar-refractivity contribution in [3.05, 3.63) is 23.8 Å². The van der Waals surface area contributed by atoms with Crippen molar-refractivity contribution in [2.45, 2.75) is 32.1 Å². The van der Waals surface area contributed by atoms with Gasteiger partial charge < -0.3 is 11.1 Å². The molecule has 0 fully saturated rings. The standard InChI is InChI=1S/C12H16N2O/c1-2-3-5-9-8-6-4-7-10(13)11(8)14-12(9)15/h4,6-7,9H,2-3,5,13H2,1H3,(H,14,15). The lowest BCUT2D eigenvalue weighted by atomic mass is 9.95. The molecule has 1 unspecified atom stereocenters. The van der Waals surface area contributed by atoms with Gasteiger partial charge in [-0.2, -0.15) is 0 Å². The third-order valence-electron chi connectivity index (χ3n) is 2.92. The molecular formula is C12H16N2O. The molecule has 1 aliphatic rings. The van der Waals surface area contributed by atoms with Gasteiger partial charge in [0.25, 0.3) is 0 Å². The molecule has 3 nitrogen and oxygen atoms in total. The van der Waals surface area contributed by atoms with E-state index in [1.165, 1.54) is 0 Å². The normalized spacial score (nSPS) is 18.7. The van der Waals surface area contributed by atoms with Gasteiger partial charge in [-0.1, -0.05) is 31.9 Å². The van der Waals surface area contributed by atoms with Gasteiger partial charge in [0.15, 0.2) is 0 Å². The molecular weight excluding hydrogens is 188 g/mol. The Kier molecular flexibility index (Phi) is 2.62. The summed E-state index contributed by atoms with van der Waals surface area (Å²) in [6.07, 6.45) is 3.10. The summed E-state index contributed by atoms with van der Waals surface area (Å²) in [5, 5.41) is 2.86. The molecule has 2 rings (SSSR count). The molecule has 1 atom stereocenters. The minimum Gasteiger partial charge on any atom is -0.397 e. The van der Waals surface area contributed by atoms with Crippen molar-refractivity contribution >= 4 is 17.3 Å². The van der Waals surface area contributed by atoms with Gasteiger partial charge in [-0.25, -0.2) is 0 Å². The number of benzene rings is 1. The van der Waals surface area contributed by atoms with E-state index in [0.717, 1.165) is 30.5 Å². The number of nitrogen functional groups attached to an aromatic ring is 1. The summed E-state index contributed by atoms with van der Waals surface area (Å²) in [4.78, 5) is 11.7. The highest BCUT2D eigenvalue weighted by Crippen LogP contribution is 2.38. The van der Waals surface area contributed by atoms with E-state index in [1.54, 1.807) is 0 Å². The molecule has 3 N–H and O–H groups in total. The van der Waals surface area contributed by atoms with E-state index in [4.69, 9.17) is 5.73 Å². The molecule has 0 saturated carbocycles. The molecule has 1 aromatic carbocycles. The Labute approximate surface area is 89.7 Å². The lowest BCUT2D eigenvalue weighted by molar-refractivity contribution is -0.117. The van der Waals surface area contributed by atoms with E-state index in [1.807, 2.05) is 18.2 Å². The minimum atomic E-state index is 0.00319. The van der Waals surface area contributed by atoms with E-state index >= 15 is 0 Å². The first-order valence-corrected chi connectivity index (χ1v) is 5.43. The molecule has 15 heavy (non-hydrogen) atoms. The topological polar surface area (TPSA) is 55.1 Å². The smallest absolute Gasteiger partial charge is 0.232 e. The lowest BCUT2D eigenvalue weighted by Crippen LogP contribution is -2.11. The fraction of sp³-hybridized carbons (Fsp3) is 0.417. The second kappa shape index (κ2) is 3.93. The zero-order chi connectivity index (χ0) is 10.8. The zero-order valence-corrected chi connectivity index (χ0v) is 8.92. The molecule has 1 aliphatic heterocycles. The van der Waals surface area contributed by atoms with Gasteiger partial charge in [0.05, 0.1) is 17.3 Å². The van der Waals surface area contributed by atoms with Crippen LogP contribution in [0.1, 0.15) is 37.7 Å². The lowest BCUT2D eigenvalue weighted by Gasteiger charge is -2.07. The third-order valence-corrected chi connectivity index (χ3v) is 2.92. The fourth-order valence-electron chi connectivity index (χ4n) is 2.07. The number of carbonyl (C=O) groups is 1. The quantitative estimate of drug-likeness (QED) is 0.743. The van der Waals surface area contributed by atoms with Crippen molar-refractivity contribution < 1.29 is 4.79 Å². The molecule has 1 heterocycles. The van der Waals surface area contributed by atoms with Crippen LogP contribution in [0.25, 0.3) is 0 Å². The van der Waals surface area contributed by atoms with Crippen molar-refractivity contribution in [2.24, 2.45) is 0 Å². The van der Waals surface area contributed by atoms with Crippen molar-refractivity contribution in [2.75, 3.05) is 11.1 Å². The summed E-state index contributed by atoms with van der Waals surface area (Å²) in [5.74, 6) is 0.0970. The van der Waals surface area contributed by atoms with Gasteiger partial charge in [-0.05, 0) is 18.1 Å². The predicted molar refractivity (Wildman–Crippen MR) is 61.8 cm³/mol. The average Bonchev–Trinajstić information content (AvgIpc) is 2.54. The molecule has 0 aromatic heterocycles. The van der Waals surface area contributed by atoms with Crippen LogP contribution in [0.15, 0.2) is 18.2 Å². The maximum atomic E-state index is 11.7. The molecule has 1 aromatic rings. The summed E-state index contributed by atoms with van der Waals surface area (Å²) >= 11 is 0. The minimum absolute atomic E-state index is 0.00319. The number of amides is 1. The van der Waals surface area contributed by atoms with E-state index in [-0.39, 0.29) is 11.8 Å². The number of fused-ring (bicyclic) bond motifs is 1. The van der Waals surface area contributed by atoms with E-state index < -0.39 is 0 Å². The maximum Gasteiger partial charge on any atom is 0.232 e. The molecule has 0 bridgehead atoms. The first-order valence-electron chi connectivity index (χ1n) is 5.43. The van der Waals surface area contributed by atoms with Crippen LogP contribution < -0.4 is 11.1 Å². The predicted octanol–water partition coefficient (Wildman–Crippen LogP) is 2.49. The number of rotatable bonds is 3. The van der Waals surface area contributed by atoms with Gasteiger partial charge in [-0.15, -0.1) is 0 Å². The number of unbranched alkanes of at least 4 members (excludes halogenated alkanes) is 1. The Morgan fingerprint density at radius 3 is 3.00 bits per heavy atom. The Bertz CT molecular complexity index is 387. The largest absolute Gasteiger partial charge is 0.397 e. The van der Waals surface area contributed by atoms with E-state index in [0.29, 0.717) is 5.69 Å². The van der Waals surface area contributed by atoms with Gasteiger partial charge in [-0.3, -0.25) is 4.79 Å². The van der Waals surface area contributed by atoms with Crippen LogP contribution in [-0.4, -0.2) is 5.91 Å². The Balaban J connectivity index is 2.29. The number of nitrogens with two attached hydrogens (primary N) is 1. The second-order valence-corrected chi connectivity index (χ2v) is 4.00. The highest BCUT2D eigenvalue weighted by molar-refractivity contribution is 6.05. The van der Waals surface area contributed by atoms with Crippen LogP contribution in [0.2, 0.25) is 0 Å². The summed E-state index contributed by atoms with van der Waals surface area (Å²) < 4.78 is 0. The molecule has 0 aliphatic carbocycles. The summed E-state index contributed by atoms with van der Waals surface area (Å²) in [7, 11) is 0. The number of carbonyl (C=O) groups excluding carboxylic acids is 1. The van der Waals surface area contributed by atoms with Crippen molar-refractivity contribution in [1.29, 1.82) is 0 Å². The fourth-order valence-corrected chi connectivity index (χ4v) is 2.07. The van der Waals surface area contributed by atoms with Crippen molar-refractivity contribution in [3.8, 4) is 0 Å². The highest BCUT2D eigenvalue weighted by atomic mass is 16.2. The Hall–Kier alpha value is -1.51. The molecule has 1 amide bonds. The first kappa shape index (κ1) is 10.0. The van der Waals surface area contributed by atoms with Crippen LogP contribution >= 0.6 is 0 Å². The van der Waals surface area contributed by atoms with E-state index in [2.05, 4.69) is 12.2 Å². The SMILES string of the molecule is CCCCC1C(=O)Nc2c(N)cccc21. The molecule has 0 saturated heterocycles. The highest BCUT2D eigenvalue weighted by Gasteiger charge is 2.30. The first-order chi connectivity index (χ1) is 7.24. The van der Waals surface area contributed by atoms with Gasteiger partial charge in [0.1, 0.15) is 0 Å². The molecule has 0 spiro atoms. The third kappa shape index (κ3) is 1.69. The van der Waals surface area contributed by atoms with E-state index in [9.17, 15) is 4.79 Å². The maximum absolute atomic E-state index is 11.7. The summed E-state index contributed by atoms with van der Waals surface area (Å²) in [5.41, 5.74) is 8.36. The summed E-state index contributed by atoms with van der Waals surface area (Å²) in [6, 6.07) is 5.72. The Morgan fingerprint density at radius 1 is 1.47 bits per heavy atom. The number of para-hydroxylation sites is 1. The average molecular weight is 204 g/mol. The monoisotopic (exact) mass is 204 g/mol. The van der Waals surface area contributed by atoms with Crippen LogP contribution in [0.4, 0.5) is 11.4 Å². The van der Waals surface area contributed by atoms with Gasteiger partial charge in [0.2, 0.25) is 5.91 Å². The number of nitrogens with one attached hydrogen (secondary N) is 1. The number of hydrogen-bond donors (Lipinski definition) is 2. The van der Waals surface area contributed by atoms with Crippen LogP contribution in [0, 0.1) is 0 Å². The zero-order valence-electron chi connectivity index (χ0n) is 8.92. The molecule has 80 valence electrons.